The van der Waals surface area contributed by atoms with E-state index in [4.69, 9.17) is 4.74 Å². The molecule has 1 aliphatic heterocycles. The van der Waals surface area contributed by atoms with Crippen molar-refractivity contribution in [1.29, 1.82) is 0 Å². The highest BCUT2D eigenvalue weighted by Gasteiger charge is 2.23. The van der Waals surface area contributed by atoms with Crippen LogP contribution in [-0.4, -0.2) is 53.7 Å². The van der Waals surface area contributed by atoms with E-state index in [1.807, 2.05) is 13.0 Å². The van der Waals surface area contributed by atoms with Gasteiger partial charge in [0.25, 0.3) is 0 Å². The fourth-order valence-electron chi connectivity index (χ4n) is 2.94. The van der Waals surface area contributed by atoms with Crippen LogP contribution in [0, 0.1) is 12.7 Å². The summed E-state index contributed by atoms with van der Waals surface area (Å²) in [6, 6.07) is 8.53. The van der Waals surface area contributed by atoms with Gasteiger partial charge in [0.2, 0.25) is 5.95 Å². The second kappa shape index (κ2) is 8.66. The van der Waals surface area contributed by atoms with Crippen LogP contribution in [0.15, 0.2) is 30.3 Å². The van der Waals surface area contributed by atoms with Gasteiger partial charge in [-0.3, -0.25) is 0 Å². The Labute approximate surface area is 158 Å². The van der Waals surface area contributed by atoms with Gasteiger partial charge >= 0.3 is 6.09 Å². The molecule has 0 spiro atoms. The fraction of sp³-hybridized carbons (Fsp3) is 0.421. The van der Waals surface area contributed by atoms with Crippen molar-refractivity contribution in [2.24, 2.45) is 0 Å². The molecule has 2 aromatic rings. The number of hydrogen-bond donors (Lipinski definition) is 1. The summed E-state index contributed by atoms with van der Waals surface area (Å²) in [5.74, 6) is 0.996. The molecule has 8 heteroatoms. The first-order valence-electron chi connectivity index (χ1n) is 9.06. The normalized spacial score (nSPS) is 14.2. The number of nitrogens with zero attached hydrogens (tertiary/aromatic N) is 4. The van der Waals surface area contributed by atoms with Crippen LogP contribution in [0.1, 0.15) is 18.2 Å². The van der Waals surface area contributed by atoms with Gasteiger partial charge in [0.1, 0.15) is 11.6 Å². The number of piperazine rings is 1. The quantitative estimate of drug-likeness (QED) is 0.869. The average Bonchev–Trinajstić information content (AvgIpc) is 2.67. The molecule has 1 amide bonds. The highest BCUT2D eigenvalue weighted by Crippen LogP contribution is 2.18. The molecule has 1 fully saturated rings. The van der Waals surface area contributed by atoms with Gasteiger partial charge in [-0.05, 0) is 19.9 Å². The number of carbonyl (C=O) groups excluding carboxylic acids is 1. The smallest absolute Gasteiger partial charge is 0.409 e. The summed E-state index contributed by atoms with van der Waals surface area (Å²) in [5.41, 5.74) is 1.39. The third-order valence-corrected chi connectivity index (χ3v) is 4.37. The zero-order chi connectivity index (χ0) is 19.2. The van der Waals surface area contributed by atoms with Crippen LogP contribution in [0.4, 0.5) is 21.0 Å². The minimum absolute atomic E-state index is 0.257. The molecule has 27 heavy (non-hydrogen) atoms. The molecule has 0 radical (unpaired) electrons. The van der Waals surface area contributed by atoms with Crippen LogP contribution in [0.25, 0.3) is 0 Å². The maximum absolute atomic E-state index is 13.8. The molecule has 1 aromatic carbocycles. The Kier molecular flexibility index (Phi) is 6.05. The third-order valence-electron chi connectivity index (χ3n) is 4.37. The van der Waals surface area contributed by atoms with E-state index in [1.54, 1.807) is 30.0 Å². The molecule has 1 N–H and O–H groups in total. The van der Waals surface area contributed by atoms with E-state index in [1.165, 1.54) is 6.07 Å². The third kappa shape index (κ3) is 4.84. The van der Waals surface area contributed by atoms with Gasteiger partial charge in [0.15, 0.2) is 0 Å². The molecular formula is C19H24FN5O2. The highest BCUT2D eigenvalue weighted by atomic mass is 19.1. The van der Waals surface area contributed by atoms with Gasteiger partial charge < -0.3 is 19.9 Å². The number of ether oxygens (including phenoxy) is 1. The van der Waals surface area contributed by atoms with Crippen LogP contribution >= 0.6 is 0 Å². The van der Waals surface area contributed by atoms with E-state index in [0.29, 0.717) is 50.8 Å². The summed E-state index contributed by atoms with van der Waals surface area (Å²) < 4.78 is 18.8. The maximum Gasteiger partial charge on any atom is 0.409 e. The van der Waals surface area contributed by atoms with E-state index >= 15 is 0 Å². The average molecular weight is 373 g/mol. The van der Waals surface area contributed by atoms with Crippen molar-refractivity contribution in [1.82, 2.24) is 14.9 Å². The summed E-state index contributed by atoms with van der Waals surface area (Å²) >= 11 is 0. The van der Waals surface area contributed by atoms with Crippen molar-refractivity contribution in [3.63, 3.8) is 0 Å². The summed E-state index contributed by atoms with van der Waals surface area (Å²) in [4.78, 5) is 24.6. The number of rotatable bonds is 5. The molecule has 144 valence electrons. The van der Waals surface area contributed by atoms with Crippen molar-refractivity contribution < 1.29 is 13.9 Å². The summed E-state index contributed by atoms with van der Waals surface area (Å²) in [5, 5.41) is 3.09. The lowest BCUT2D eigenvalue weighted by Crippen LogP contribution is -2.49. The Bertz CT molecular complexity index is 793. The monoisotopic (exact) mass is 373 g/mol. The molecule has 1 aliphatic rings. The lowest BCUT2D eigenvalue weighted by molar-refractivity contribution is 0.105. The summed E-state index contributed by atoms with van der Waals surface area (Å²) in [7, 11) is 0. The highest BCUT2D eigenvalue weighted by molar-refractivity contribution is 5.68. The number of anilines is 2. The van der Waals surface area contributed by atoms with E-state index in [-0.39, 0.29) is 11.9 Å². The second-order valence-electron chi connectivity index (χ2n) is 6.31. The lowest BCUT2D eigenvalue weighted by Gasteiger charge is -2.34. The first-order chi connectivity index (χ1) is 13.1. The van der Waals surface area contributed by atoms with E-state index in [2.05, 4.69) is 20.2 Å². The van der Waals surface area contributed by atoms with Crippen molar-refractivity contribution in [2.45, 2.75) is 20.4 Å². The maximum atomic E-state index is 13.8. The van der Waals surface area contributed by atoms with Gasteiger partial charge in [-0.25, -0.2) is 14.2 Å². The minimum Gasteiger partial charge on any atom is -0.450 e. The minimum atomic E-state index is -0.275. The fourth-order valence-corrected chi connectivity index (χ4v) is 2.94. The van der Waals surface area contributed by atoms with Gasteiger partial charge in [-0.2, -0.15) is 4.98 Å². The van der Waals surface area contributed by atoms with Crippen molar-refractivity contribution in [3.05, 3.63) is 47.4 Å². The number of hydrogen-bond acceptors (Lipinski definition) is 6. The zero-order valence-corrected chi connectivity index (χ0v) is 15.6. The molecule has 0 bridgehead atoms. The molecule has 7 nitrogen and oxygen atoms in total. The number of nitrogens with one attached hydrogen (secondary N) is 1. The summed E-state index contributed by atoms with van der Waals surface area (Å²) in [6.45, 7) is 6.89. The van der Waals surface area contributed by atoms with Crippen LogP contribution in [0.3, 0.4) is 0 Å². The molecule has 0 aliphatic carbocycles. The van der Waals surface area contributed by atoms with Crippen LogP contribution in [0.5, 0.6) is 0 Å². The number of aryl methyl sites for hydroxylation is 1. The number of amides is 1. The van der Waals surface area contributed by atoms with Gasteiger partial charge in [-0.1, -0.05) is 18.2 Å². The Hall–Kier alpha value is -2.90. The predicted octanol–water partition coefficient (Wildman–Crippen LogP) is 2.81. The number of benzene rings is 1. The summed E-state index contributed by atoms with van der Waals surface area (Å²) in [6.07, 6.45) is -0.275. The second-order valence-corrected chi connectivity index (χ2v) is 6.31. The molecule has 0 unspecified atom stereocenters. The van der Waals surface area contributed by atoms with Crippen molar-refractivity contribution >= 4 is 17.9 Å². The lowest BCUT2D eigenvalue weighted by atomic mass is 10.2. The van der Waals surface area contributed by atoms with Crippen LogP contribution in [0.2, 0.25) is 0 Å². The zero-order valence-electron chi connectivity index (χ0n) is 15.6. The molecular weight excluding hydrogens is 349 g/mol. The van der Waals surface area contributed by atoms with Gasteiger partial charge in [0, 0.05) is 50.0 Å². The largest absolute Gasteiger partial charge is 0.450 e. The van der Waals surface area contributed by atoms with E-state index in [9.17, 15) is 9.18 Å². The number of carbonyl (C=O) groups is 1. The first-order valence-corrected chi connectivity index (χ1v) is 9.06. The van der Waals surface area contributed by atoms with E-state index in [0.717, 1.165) is 11.5 Å². The van der Waals surface area contributed by atoms with Crippen molar-refractivity contribution in [2.75, 3.05) is 43.0 Å². The Morgan fingerprint density at radius 2 is 1.96 bits per heavy atom. The first kappa shape index (κ1) is 18.9. The topological polar surface area (TPSA) is 70.6 Å². The Balaban J connectivity index is 1.64. The molecule has 3 rings (SSSR count). The molecule has 1 saturated heterocycles. The molecule has 2 heterocycles. The van der Waals surface area contributed by atoms with E-state index < -0.39 is 0 Å². The van der Waals surface area contributed by atoms with Crippen LogP contribution < -0.4 is 10.2 Å². The van der Waals surface area contributed by atoms with Gasteiger partial charge in [0.05, 0.1) is 6.61 Å². The SMILES string of the molecule is CCOC(=O)N1CCN(c2cc(C)nc(NCc3ccccc3F)n2)CC1. The standard InChI is InChI=1S/C19H24FN5O2/c1-3-27-19(26)25-10-8-24(9-11-25)17-12-14(2)22-18(23-17)21-13-15-6-4-5-7-16(15)20/h4-7,12H,3,8-11,13H2,1-2H3,(H,21,22,23). The molecule has 0 saturated carbocycles. The Morgan fingerprint density at radius 1 is 1.22 bits per heavy atom. The Morgan fingerprint density at radius 3 is 2.67 bits per heavy atom. The number of halogens is 1. The van der Waals surface area contributed by atoms with Crippen molar-refractivity contribution in [3.8, 4) is 0 Å². The number of aromatic nitrogens is 2. The van der Waals surface area contributed by atoms with Crippen LogP contribution in [-0.2, 0) is 11.3 Å². The molecule has 0 atom stereocenters. The van der Waals surface area contributed by atoms with Gasteiger partial charge in [-0.15, -0.1) is 0 Å². The molecule has 1 aromatic heterocycles. The predicted molar refractivity (Wildman–Crippen MR) is 101 cm³/mol.